The summed E-state index contributed by atoms with van der Waals surface area (Å²) >= 11 is 0. The molecule has 0 amide bonds. The lowest BCUT2D eigenvalue weighted by Gasteiger charge is -2.04. The Hall–Kier alpha value is -2.48. The van der Waals surface area contributed by atoms with E-state index >= 15 is 0 Å². The Bertz CT molecular complexity index is 530. The minimum atomic E-state index is 0.156. The van der Waals surface area contributed by atoms with E-state index in [2.05, 4.69) is 15.0 Å². The molecule has 0 spiro atoms. The Balaban J connectivity index is 2.27. The van der Waals surface area contributed by atoms with E-state index in [0.29, 0.717) is 5.75 Å². The van der Waals surface area contributed by atoms with Crippen molar-refractivity contribution in [2.75, 3.05) is 0 Å². The smallest absolute Gasteiger partial charge is 0.256 e. The Morgan fingerprint density at radius 1 is 1.19 bits per heavy atom. The van der Waals surface area contributed by atoms with E-state index in [1.54, 1.807) is 12.3 Å². The van der Waals surface area contributed by atoms with Gasteiger partial charge in [-0.15, -0.1) is 0 Å². The lowest BCUT2D eigenvalue weighted by Crippen LogP contribution is -1.94. The van der Waals surface area contributed by atoms with Crippen LogP contribution in [0.25, 0.3) is 0 Å². The molecule has 0 saturated heterocycles. The summed E-state index contributed by atoms with van der Waals surface area (Å²) in [6, 6.07) is 5.49. The zero-order valence-electron chi connectivity index (χ0n) is 8.58. The van der Waals surface area contributed by atoms with E-state index < -0.39 is 0 Å². The molecular formula is C11H8N4O. The molecule has 0 bridgehead atoms. The van der Waals surface area contributed by atoms with E-state index in [1.807, 2.05) is 19.1 Å². The summed E-state index contributed by atoms with van der Waals surface area (Å²) in [5, 5.41) is 8.79. The van der Waals surface area contributed by atoms with Gasteiger partial charge in [-0.1, -0.05) is 0 Å². The van der Waals surface area contributed by atoms with Gasteiger partial charge in [-0.05, 0) is 19.1 Å². The quantitative estimate of drug-likeness (QED) is 0.759. The molecule has 2 heterocycles. The minimum Gasteiger partial charge on any atom is -0.435 e. The van der Waals surface area contributed by atoms with Crippen LogP contribution in [0.3, 0.4) is 0 Å². The van der Waals surface area contributed by atoms with Gasteiger partial charge in [-0.3, -0.25) is 4.98 Å². The third kappa shape index (κ3) is 2.12. The standard InChI is InChI=1S/C11H8N4O/c1-8-2-3-9(7-15-8)16-11-10(6-12)13-4-5-14-11/h2-5,7H,1H3. The molecule has 78 valence electrons. The minimum absolute atomic E-state index is 0.156. The summed E-state index contributed by atoms with van der Waals surface area (Å²) in [7, 11) is 0. The maximum Gasteiger partial charge on any atom is 0.256 e. The molecule has 0 N–H and O–H groups in total. The summed E-state index contributed by atoms with van der Waals surface area (Å²) in [6.07, 6.45) is 4.49. The normalized spacial score (nSPS) is 9.50. The van der Waals surface area contributed by atoms with Crippen molar-refractivity contribution in [3.63, 3.8) is 0 Å². The molecule has 2 aromatic heterocycles. The zero-order valence-corrected chi connectivity index (χ0v) is 8.58. The number of hydrogen-bond donors (Lipinski definition) is 0. The fourth-order valence-electron chi connectivity index (χ4n) is 1.10. The predicted octanol–water partition coefficient (Wildman–Crippen LogP) is 1.84. The van der Waals surface area contributed by atoms with Crippen molar-refractivity contribution in [1.82, 2.24) is 15.0 Å². The van der Waals surface area contributed by atoms with E-state index in [4.69, 9.17) is 10.00 Å². The molecular weight excluding hydrogens is 204 g/mol. The second kappa shape index (κ2) is 4.36. The first-order chi connectivity index (χ1) is 7.79. The molecule has 0 aliphatic carbocycles. The topological polar surface area (TPSA) is 71.7 Å². The molecule has 16 heavy (non-hydrogen) atoms. The van der Waals surface area contributed by atoms with Crippen molar-refractivity contribution in [3.8, 4) is 17.7 Å². The van der Waals surface area contributed by atoms with E-state index in [9.17, 15) is 0 Å². The molecule has 2 rings (SSSR count). The second-order valence-electron chi connectivity index (χ2n) is 3.06. The highest BCUT2D eigenvalue weighted by Crippen LogP contribution is 2.19. The highest BCUT2D eigenvalue weighted by Gasteiger charge is 2.06. The Morgan fingerprint density at radius 3 is 2.69 bits per heavy atom. The Kier molecular flexibility index (Phi) is 2.74. The molecule has 0 saturated carbocycles. The van der Waals surface area contributed by atoms with E-state index in [0.717, 1.165) is 5.69 Å². The fraction of sp³-hybridized carbons (Fsp3) is 0.0909. The monoisotopic (exact) mass is 212 g/mol. The third-order valence-electron chi connectivity index (χ3n) is 1.87. The maximum atomic E-state index is 8.79. The van der Waals surface area contributed by atoms with Crippen molar-refractivity contribution in [2.24, 2.45) is 0 Å². The van der Waals surface area contributed by atoms with Gasteiger partial charge in [0, 0.05) is 18.1 Å². The number of pyridine rings is 1. The first kappa shape index (κ1) is 10.1. The molecule has 5 nitrogen and oxygen atoms in total. The molecule has 0 aromatic carbocycles. The van der Waals surface area contributed by atoms with Gasteiger partial charge < -0.3 is 4.74 Å². The van der Waals surface area contributed by atoms with Crippen LogP contribution in [-0.4, -0.2) is 15.0 Å². The lowest BCUT2D eigenvalue weighted by molar-refractivity contribution is 0.455. The second-order valence-corrected chi connectivity index (χ2v) is 3.06. The molecule has 0 aliphatic rings. The molecule has 0 atom stereocenters. The molecule has 0 fully saturated rings. The summed E-state index contributed by atoms with van der Waals surface area (Å²) in [5.74, 6) is 0.721. The van der Waals surface area contributed by atoms with Gasteiger partial charge >= 0.3 is 0 Å². The van der Waals surface area contributed by atoms with Crippen LogP contribution >= 0.6 is 0 Å². The van der Waals surface area contributed by atoms with Crippen LogP contribution in [-0.2, 0) is 0 Å². The highest BCUT2D eigenvalue weighted by atomic mass is 16.5. The number of ether oxygens (including phenoxy) is 1. The van der Waals surface area contributed by atoms with Gasteiger partial charge in [0.05, 0.1) is 6.20 Å². The van der Waals surface area contributed by atoms with Crippen molar-refractivity contribution < 1.29 is 4.74 Å². The summed E-state index contributed by atoms with van der Waals surface area (Å²) in [4.78, 5) is 11.8. The van der Waals surface area contributed by atoms with Gasteiger partial charge in [0.2, 0.25) is 5.69 Å². The number of nitriles is 1. The number of aryl methyl sites for hydroxylation is 1. The Morgan fingerprint density at radius 2 is 2.00 bits per heavy atom. The number of aromatic nitrogens is 3. The summed E-state index contributed by atoms with van der Waals surface area (Å²) in [6.45, 7) is 1.88. The molecule has 0 unspecified atom stereocenters. The largest absolute Gasteiger partial charge is 0.435 e. The van der Waals surface area contributed by atoms with E-state index in [-0.39, 0.29) is 11.6 Å². The van der Waals surface area contributed by atoms with Crippen molar-refractivity contribution in [2.45, 2.75) is 6.92 Å². The summed E-state index contributed by atoms with van der Waals surface area (Å²) in [5.41, 5.74) is 1.05. The van der Waals surface area contributed by atoms with Crippen LogP contribution in [0, 0.1) is 18.3 Å². The van der Waals surface area contributed by atoms with Gasteiger partial charge in [0.25, 0.3) is 5.88 Å². The van der Waals surface area contributed by atoms with Crippen LogP contribution in [0.2, 0.25) is 0 Å². The maximum absolute atomic E-state index is 8.79. The molecule has 0 radical (unpaired) electrons. The SMILES string of the molecule is Cc1ccc(Oc2nccnc2C#N)cn1. The molecule has 2 aromatic rings. The first-order valence-electron chi connectivity index (χ1n) is 4.61. The fourth-order valence-corrected chi connectivity index (χ4v) is 1.10. The van der Waals surface area contributed by atoms with Crippen molar-refractivity contribution in [3.05, 3.63) is 42.1 Å². The zero-order chi connectivity index (χ0) is 11.4. The average molecular weight is 212 g/mol. The van der Waals surface area contributed by atoms with Crippen LogP contribution < -0.4 is 4.74 Å². The van der Waals surface area contributed by atoms with Crippen molar-refractivity contribution >= 4 is 0 Å². The summed E-state index contributed by atoms with van der Waals surface area (Å²) < 4.78 is 5.40. The molecule has 0 aliphatic heterocycles. The highest BCUT2D eigenvalue weighted by molar-refractivity contribution is 5.34. The van der Waals surface area contributed by atoms with Crippen LogP contribution in [0.5, 0.6) is 11.6 Å². The predicted molar refractivity (Wildman–Crippen MR) is 55.8 cm³/mol. The molecule has 5 heteroatoms. The number of hydrogen-bond acceptors (Lipinski definition) is 5. The van der Waals surface area contributed by atoms with E-state index in [1.165, 1.54) is 12.4 Å². The number of nitrogens with zero attached hydrogens (tertiary/aromatic N) is 4. The van der Waals surface area contributed by atoms with Gasteiger partial charge in [-0.25, -0.2) is 9.97 Å². The van der Waals surface area contributed by atoms with Gasteiger partial charge in [0.1, 0.15) is 11.8 Å². The van der Waals surface area contributed by atoms with Crippen molar-refractivity contribution in [1.29, 1.82) is 5.26 Å². The van der Waals surface area contributed by atoms with Gasteiger partial charge in [-0.2, -0.15) is 5.26 Å². The number of rotatable bonds is 2. The van der Waals surface area contributed by atoms with Crippen LogP contribution in [0.15, 0.2) is 30.7 Å². The first-order valence-corrected chi connectivity index (χ1v) is 4.61. The third-order valence-corrected chi connectivity index (χ3v) is 1.87. The van der Waals surface area contributed by atoms with Crippen LogP contribution in [0.4, 0.5) is 0 Å². The Labute approximate surface area is 92.4 Å². The lowest BCUT2D eigenvalue weighted by atomic mass is 10.4. The van der Waals surface area contributed by atoms with Gasteiger partial charge in [0.15, 0.2) is 0 Å². The van der Waals surface area contributed by atoms with Crippen LogP contribution in [0.1, 0.15) is 11.4 Å². The average Bonchev–Trinajstić information content (AvgIpc) is 2.33.